The highest BCUT2D eigenvalue weighted by atomic mass is 79.9. The van der Waals surface area contributed by atoms with E-state index >= 15 is 0 Å². The van der Waals surface area contributed by atoms with Crippen LogP contribution in [0.4, 0.5) is 9.18 Å². The lowest BCUT2D eigenvalue weighted by atomic mass is 10.3. The predicted molar refractivity (Wildman–Crippen MR) is 66.8 cm³/mol. The van der Waals surface area contributed by atoms with Crippen LogP contribution in [0, 0.1) is 5.82 Å². The van der Waals surface area contributed by atoms with Crippen molar-refractivity contribution in [3.8, 4) is 5.75 Å². The Labute approximate surface area is 112 Å². The molecule has 18 heavy (non-hydrogen) atoms. The van der Waals surface area contributed by atoms with Crippen molar-refractivity contribution in [3.05, 3.63) is 28.5 Å². The SMILES string of the molecule is CNC(=O)NC(=O)C(C)Oc1cc(F)ccc1Br. The van der Waals surface area contributed by atoms with Gasteiger partial charge >= 0.3 is 6.03 Å². The van der Waals surface area contributed by atoms with Crippen LogP contribution >= 0.6 is 15.9 Å². The maximum absolute atomic E-state index is 13.0. The van der Waals surface area contributed by atoms with Crippen LogP contribution in [-0.2, 0) is 4.79 Å². The van der Waals surface area contributed by atoms with Crippen LogP contribution in [0.25, 0.3) is 0 Å². The van der Waals surface area contributed by atoms with Crippen LogP contribution in [0.3, 0.4) is 0 Å². The molecular formula is C11H12BrFN2O3. The first-order valence-corrected chi connectivity index (χ1v) is 5.87. The van der Waals surface area contributed by atoms with E-state index in [2.05, 4.69) is 26.6 Å². The maximum atomic E-state index is 13.0. The number of halogens is 2. The molecule has 0 saturated carbocycles. The molecule has 0 bridgehead atoms. The van der Waals surface area contributed by atoms with E-state index in [1.54, 1.807) is 0 Å². The summed E-state index contributed by atoms with van der Waals surface area (Å²) in [5.74, 6) is -0.910. The molecule has 5 nitrogen and oxygen atoms in total. The Morgan fingerprint density at radius 2 is 2.11 bits per heavy atom. The van der Waals surface area contributed by atoms with Gasteiger partial charge in [-0.25, -0.2) is 9.18 Å². The molecule has 0 aliphatic heterocycles. The van der Waals surface area contributed by atoms with E-state index in [9.17, 15) is 14.0 Å². The van der Waals surface area contributed by atoms with Crippen molar-refractivity contribution in [1.82, 2.24) is 10.6 Å². The summed E-state index contributed by atoms with van der Waals surface area (Å²) in [7, 11) is 1.39. The number of carbonyl (C=O) groups is 2. The summed E-state index contributed by atoms with van der Waals surface area (Å²) < 4.78 is 18.8. The minimum atomic E-state index is -0.930. The smallest absolute Gasteiger partial charge is 0.321 e. The Hall–Kier alpha value is -1.63. The Morgan fingerprint density at radius 1 is 1.44 bits per heavy atom. The van der Waals surface area contributed by atoms with Crippen molar-refractivity contribution < 1.29 is 18.7 Å². The number of hydrogen-bond acceptors (Lipinski definition) is 3. The highest BCUT2D eigenvalue weighted by molar-refractivity contribution is 9.10. The molecule has 0 heterocycles. The number of amides is 3. The summed E-state index contributed by atoms with van der Waals surface area (Å²) in [6, 6.07) is 3.24. The highest BCUT2D eigenvalue weighted by Crippen LogP contribution is 2.26. The van der Waals surface area contributed by atoms with Gasteiger partial charge in [-0.1, -0.05) is 0 Å². The van der Waals surface area contributed by atoms with Gasteiger partial charge in [-0.2, -0.15) is 0 Å². The number of benzene rings is 1. The van der Waals surface area contributed by atoms with Gasteiger partial charge in [0.1, 0.15) is 11.6 Å². The lowest BCUT2D eigenvalue weighted by Crippen LogP contribution is -2.44. The lowest BCUT2D eigenvalue weighted by molar-refractivity contribution is -0.126. The third-order valence-electron chi connectivity index (χ3n) is 2.03. The van der Waals surface area contributed by atoms with E-state index < -0.39 is 23.9 Å². The number of nitrogens with one attached hydrogen (secondary N) is 2. The van der Waals surface area contributed by atoms with Gasteiger partial charge in [-0.05, 0) is 35.0 Å². The van der Waals surface area contributed by atoms with Gasteiger partial charge in [0, 0.05) is 13.1 Å². The zero-order chi connectivity index (χ0) is 13.7. The van der Waals surface area contributed by atoms with Crippen LogP contribution < -0.4 is 15.4 Å². The number of urea groups is 1. The molecule has 1 unspecified atom stereocenters. The summed E-state index contributed by atoms with van der Waals surface area (Å²) >= 11 is 3.17. The summed E-state index contributed by atoms with van der Waals surface area (Å²) in [4.78, 5) is 22.4. The number of carbonyl (C=O) groups excluding carboxylic acids is 2. The molecule has 1 atom stereocenters. The van der Waals surface area contributed by atoms with Crippen molar-refractivity contribution in [2.45, 2.75) is 13.0 Å². The molecule has 98 valence electrons. The highest BCUT2D eigenvalue weighted by Gasteiger charge is 2.18. The fraction of sp³-hybridized carbons (Fsp3) is 0.273. The van der Waals surface area contributed by atoms with Gasteiger partial charge in [-0.15, -0.1) is 0 Å². The summed E-state index contributed by atoms with van der Waals surface area (Å²) in [5.41, 5.74) is 0. The van der Waals surface area contributed by atoms with Gasteiger partial charge in [0.15, 0.2) is 6.10 Å². The first kappa shape index (κ1) is 14.4. The monoisotopic (exact) mass is 318 g/mol. The molecule has 0 saturated heterocycles. The first-order valence-electron chi connectivity index (χ1n) is 5.08. The lowest BCUT2D eigenvalue weighted by Gasteiger charge is -2.15. The van der Waals surface area contributed by atoms with Crippen LogP contribution in [0.2, 0.25) is 0 Å². The van der Waals surface area contributed by atoms with Crippen LogP contribution in [0.15, 0.2) is 22.7 Å². The molecule has 0 spiro atoms. The fourth-order valence-electron chi connectivity index (χ4n) is 1.09. The van der Waals surface area contributed by atoms with E-state index in [-0.39, 0.29) is 5.75 Å². The first-order chi connectivity index (χ1) is 8.43. The summed E-state index contributed by atoms with van der Waals surface area (Å²) in [6.07, 6.45) is -0.930. The second kappa shape index (κ2) is 6.34. The Kier molecular flexibility index (Phi) is 5.08. The third kappa shape index (κ3) is 3.99. The molecule has 0 aromatic heterocycles. The topological polar surface area (TPSA) is 67.4 Å². The zero-order valence-electron chi connectivity index (χ0n) is 9.79. The molecule has 3 amide bonds. The van der Waals surface area contributed by atoms with E-state index in [1.807, 2.05) is 0 Å². The third-order valence-corrected chi connectivity index (χ3v) is 2.69. The molecule has 0 aliphatic rings. The summed E-state index contributed by atoms with van der Waals surface area (Å²) in [5, 5.41) is 4.30. The molecule has 0 aliphatic carbocycles. The van der Waals surface area contributed by atoms with Crippen molar-refractivity contribution in [2.24, 2.45) is 0 Å². The van der Waals surface area contributed by atoms with Crippen molar-refractivity contribution >= 4 is 27.9 Å². The van der Waals surface area contributed by atoms with E-state index in [4.69, 9.17) is 4.74 Å². The molecule has 1 rings (SSSR count). The van der Waals surface area contributed by atoms with Crippen molar-refractivity contribution in [2.75, 3.05) is 7.05 Å². The fourth-order valence-corrected chi connectivity index (χ4v) is 1.43. The summed E-state index contributed by atoms with van der Waals surface area (Å²) in [6.45, 7) is 1.45. The van der Waals surface area contributed by atoms with E-state index in [1.165, 1.54) is 26.1 Å². The molecule has 1 aromatic carbocycles. The molecule has 0 radical (unpaired) electrons. The zero-order valence-corrected chi connectivity index (χ0v) is 11.4. The minimum absolute atomic E-state index is 0.189. The van der Waals surface area contributed by atoms with Crippen LogP contribution in [-0.4, -0.2) is 25.1 Å². The van der Waals surface area contributed by atoms with Crippen LogP contribution in [0.5, 0.6) is 5.75 Å². The number of imide groups is 1. The van der Waals surface area contributed by atoms with Gasteiger partial charge in [0.25, 0.3) is 5.91 Å². The molecular weight excluding hydrogens is 307 g/mol. The van der Waals surface area contributed by atoms with Gasteiger partial charge in [0.05, 0.1) is 4.47 Å². The number of rotatable bonds is 3. The van der Waals surface area contributed by atoms with Crippen molar-refractivity contribution in [3.63, 3.8) is 0 Å². The molecule has 7 heteroatoms. The Morgan fingerprint density at radius 3 is 2.72 bits per heavy atom. The second-order valence-electron chi connectivity index (χ2n) is 3.40. The molecule has 2 N–H and O–H groups in total. The van der Waals surface area contributed by atoms with Gasteiger partial charge < -0.3 is 10.1 Å². The average Bonchev–Trinajstić information content (AvgIpc) is 2.33. The Balaban J connectivity index is 2.69. The Bertz CT molecular complexity index is 468. The standard InChI is InChI=1S/C11H12BrFN2O3/c1-6(10(16)15-11(17)14-2)18-9-5-7(13)3-4-8(9)12/h3-6H,1-2H3,(H2,14,15,16,17). The minimum Gasteiger partial charge on any atom is -0.480 e. The number of ether oxygens (including phenoxy) is 1. The molecule has 0 fully saturated rings. The second-order valence-corrected chi connectivity index (χ2v) is 4.26. The van der Waals surface area contributed by atoms with E-state index in [0.29, 0.717) is 4.47 Å². The van der Waals surface area contributed by atoms with Gasteiger partial charge in [-0.3, -0.25) is 10.1 Å². The maximum Gasteiger partial charge on any atom is 0.321 e. The quantitative estimate of drug-likeness (QED) is 0.893. The average molecular weight is 319 g/mol. The predicted octanol–water partition coefficient (Wildman–Crippen LogP) is 1.81. The normalized spacial score (nSPS) is 11.6. The largest absolute Gasteiger partial charge is 0.480 e. The van der Waals surface area contributed by atoms with Crippen molar-refractivity contribution in [1.29, 1.82) is 0 Å². The molecule has 1 aromatic rings. The van der Waals surface area contributed by atoms with E-state index in [0.717, 1.165) is 6.07 Å². The van der Waals surface area contributed by atoms with Gasteiger partial charge in [0.2, 0.25) is 0 Å². The number of hydrogen-bond donors (Lipinski definition) is 2. The van der Waals surface area contributed by atoms with Crippen LogP contribution in [0.1, 0.15) is 6.92 Å².